The van der Waals surface area contributed by atoms with Gasteiger partial charge >= 0.3 is 0 Å². The number of carbonyl (C=O) groups is 1. The predicted molar refractivity (Wildman–Crippen MR) is 95.4 cm³/mol. The first-order valence-electron chi connectivity index (χ1n) is 7.04. The Kier molecular flexibility index (Phi) is 4.06. The Morgan fingerprint density at radius 2 is 2.08 bits per heavy atom. The third kappa shape index (κ3) is 2.55. The van der Waals surface area contributed by atoms with Crippen LogP contribution in [0.5, 0.6) is 5.75 Å². The van der Waals surface area contributed by atoms with Crippen LogP contribution in [0, 0.1) is 6.92 Å². The van der Waals surface area contributed by atoms with Crippen LogP contribution in [0.15, 0.2) is 29.1 Å². The number of aromatic nitrogens is 2. The van der Waals surface area contributed by atoms with E-state index in [4.69, 9.17) is 11.6 Å². The molecule has 0 spiro atoms. The summed E-state index contributed by atoms with van der Waals surface area (Å²) in [7, 11) is 3.09. The minimum atomic E-state index is -0.598. The van der Waals surface area contributed by atoms with Crippen LogP contribution in [0.2, 0.25) is 5.02 Å². The molecule has 24 heavy (non-hydrogen) atoms. The highest BCUT2D eigenvalue weighted by atomic mass is 35.5. The average Bonchev–Trinajstić information content (AvgIpc) is 2.98. The summed E-state index contributed by atoms with van der Waals surface area (Å²) in [6, 6.07) is 6.51. The molecule has 1 N–H and O–H groups in total. The van der Waals surface area contributed by atoms with E-state index in [2.05, 4.69) is 4.37 Å². The minimum Gasteiger partial charge on any atom is -0.506 e. The Morgan fingerprint density at radius 3 is 2.71 bits per heavy atom. The van der Waals surface area contributed by atoms with E-state index in [1.54, 1.807) is 25.2 Å². The van der Waals surface area contributed by atoms with E-state index in [-0.39, 0.29) is 11.3 Å². The van der Waals surface area contributed by atoms with E-state index in [9.17, 15) is 14.7 Å². The first-order chi connectivity index (χ1) is 11.3. The predicted octanol–water partition coefficient (Wildman–Crippen LogP) is 2.94. The van der Waals surface area contributed by atoms with Crippen molar-refractivity contribution >= 4 is 44.9 Å². The third-order valence-corrected chi connectivity index (χ3v) is 4.99. The zero-order valence-electron chi connectivity index (χ0n) is 13.2. The summed E-state index contributed by atoms with van der Waals surface area (Å²) in [5, 5.41) is 11.9. The second kappa shape index (κ2) is 5.92. The Labute approximate surface area is 146 Å². The number of hydrogen-bond donors (Lipinski definition) is 1. The number of aromatic hydroxyl groups is 1. The molecule has 0 aliphatic heterocycles. The number of benzene rings is 1. The number of halogens is 1. The van der Waals surface area contributed by atoms with Gasteiger partial charge < -0.3 is 14.6 Å². The lowest BCUT2D eigenvalue weighted by atomic mass is 10.1. The summed E-state index contributed by atoms with van der Waals surface area (Å²) in [4.78, 5) is 26.7. The zero-order valence-corrected chi connectivity index (χ0v) is 14.8. The van der Waals surface area contributed by atoms with Crippen LogP contribution in [0.1, 0.15) is 16.1 Å². The second-order valence-corrected chi connectivity index (χ2v) is 6.64. The average molecular weight is 364 g/mol. The number of carbonyl (C=O) groups excluding carboxylic acids is 1. The summed E-state index contributed by atoms with van der Waals surface area (Å²) < 4.78 is 5.45. The van der Waals surface area contributed by atoms with Gasteiger partial charge in [0, 0.05) is 24.5 Å². The van der Waals surface area contributed by atoms with Gasteiger partial charge in [-0.05, 0) is 42.7 Å². The van der Waals surface area contributed by atoms with Crippen molar-refractivity contribution in [2.75, 3.05) is 11.9 Å². The zero-order chi connectivity index (χ0) is 17.6. The number of amides is 1. The summed E-state index contributed by atoms with van der Waals surface area (Å²) >= 11 is 7.12. The van der Waals surface area contributed by atoms with E-state index in [0.717, 1.165) is 17.2 Å². The molecule has 0 radical (unpaired) electrons. The lowest BCUT2D eigenvalue weighted by molar-refractivity contribution is 0.0989. The van der Waals surface area contributed by atoms with E-state index in [1.165, 1.54) is 22.6 Å². The molecule has 3 aromatic rings. The number of rotatable bonds is 2. The van der Waals surface area contributed by atoms with Crippen LogP contribution in [-0.4, -0.2) is 27.0 Å². The van der Waals surface area contributed by atoms with Crippen molar-refractivity contribution < 1.29 is 9.90 Å². The van der Waals surface area contributed by atoms with Crippen molar-refractivity contribution in [3.8, 4) is 5.75 Å². The summed E-state index contributed by atoms with van der Waals surface area (Å²) in [5.74, 6) is -0.965. The standard InChI is InChI=1S/C16H14ClN3O3S/c1-8-6-12(24-18-8)20(3)16(23)13-14(21)10-7-9(17)4-5-11(10)19(2)15(13)22/h4-7,21H,1-3H3. The molecule has 1 amide bonds. The quantitative estimate of drug-likeness (QED) is 0.759. The molecule has 0 unspecified atom stereocenters. The molecule has 2 heterocycles. The van der Waals surface area contributed by atoms with Gasteiger partial charge in [0.15, 0.2) is 0 Å². The lowest BCUT2D eigenvalue weighted by Crippen LogP contribution is -2.33. The van der Waals surface area contributed by atoms with E-state index in [1.807, 2.05) is 6.92 Å². The fraction of sp³-hybridized carbons (Fsp3) is 0.188. The molecule has 6 nitrogen and oxygen atoms in total. The highest BCUT2D eigenvalue weighted by Gasteiger charge is 2.25. The van der Waals surface area contributed by atoms with Crippen molar-refractivity contribution in [3.05, 3.63) is 50.9 Å². The van der Waals surface area contributed by atoms with E-state index >= 15 is 0 Å². The highest BCUT2D eigenvalue weighted by molar-refractivity contribution is 7.10. The molecule has 2 aromatic heterocycles. The van der Waals surface area contributed by atoms with Gasteiger partial charge in [-0.2, -0.15) is 4.37 Å². The largest absolute Gasteiger partial charge is 0.506 e. The number of hydrogen-bond acceptors (Lipinski definition) is 5. The molecule has 3 rings (SSSR count). The van der Waals surface area contributed by atoms with Gasteiger partial charge in [-0.25, -0.2) is 0 Å². The Morgan fingerprint density at radius 1 is 1.38 bits per heavy atom. The molecular formula is C16H14ClN3O3S. The van der Waals surface area contributed by atoms with E-state index in [0.29, 0.717) is 20.9 Å². The van der Waals surface area contributed by atoms with Crippen LogP contribution in [0.25, 0.3) is 10.9 Å². The van der Waals surface area contributed by atoms with Crippen molar-refractivity contribution in [1.82, 2.24) is 8.94 Å². The van der Waals surface area contributed by atoms with Crippen LogP contribution in [0.4, 0.5) is 5.00 Å². The number of aryl methyl sites for hydroxylation is 2. The highest BCUT2D eigenvalue weighted by Crippen LogP contribution is 2.30. The molecule has 8 heteroatoms. The molecule has 124 valence electrons. The Hall–Kier alpha value is -2.38. The van der Waals surface area contributed by atoms with Crippen molar-refractivity contribution in [1.29, 1.82) is 0 Å². The van der Waals surface area contributed by atoms with Gasteiger partial charge in [0.1, 0.15) is 16.3 Å². The molecule has 0 aliphatic carbocycles. The molecule has 0 fully saturated rings. The lowest BCUT2D eigenvalue weighted by Gasteiger charge is -2.17. The number of anilines is 1. The number of fused-ring (bicyclic) bond motifs is 1. The Balaban J connectivity index is 2.22. The van der Waals surface area contributed by atoms with Gasteiger partial charge in [0.25, 0.3) is 11.5 Å². The molecule has 0 aliphatic rings. The summed E-state index contributed by atoms with van der Waals surface area (Å²) in [6.07, 6.45) is 0. The maximum Gasteiger partial charge on any atom is 0.268 e. The van der Waals surface area contributed by atoms with Crippen LogP contribution in [-0.2, 0) is 7.05 Å². The van der Waals surface area contributed by atoms with Gasteiger partial charge in [0.05, 0.1) is 11.2 Å². The second-order valence-electron chi connectivity index (χ2n) is 5.42. The van der Waals surface area contributed by atoms with Crippen molar-refractivity contribution in [2.45, 2.75) is 6.92 Å². The molecule has 0 bridgehead atoms. The van der Waals surface area contributed by atoms with Crippen molar-refractivity contribution in [3.63, 3.8) is 0 Å². The van der Waals surface area contributed by atoms with Crippen molar-refractivity contribution in [2.24, 2.45) is 7.05 Å². The number of pyridine rings is 1. The van der Waals surface area contributed by atoms with E-state index < -0.39 is 11.5 Å². The topological polar surface area (TPSA) is 75.4 Å². The molecular weight excluding hydrogens is 350 g/mol. The smallest absolute Gasteiger partial charge is 0.268 e. The minimum absolute atomic E-state index is 0.291. The van der Waals surface area contributed by atoms with Crippen LogP contribution < -0.4 is 10.5 Å². The molecule has 0 atom stereocenters. The maximum atomic E-state index is 12.8. The fourth-order valence-corrected chi connectivity index (χ4v) is 3.36. The van der Waals surface area contributed by atoms with Gasteiger partial charge in [-0.3, -0.25) is 9.59 Å². The van der Waals surface area contributed by atoms with Crippen LogP contribution in [0.3, 0.4) is 0 Å². The monoisotopic (exact) mass is 363 g/mol. The Bertz CT molecular complexity index is 1030. The summed E-state index contributed by atoms with van der Waals surface area (Å²) in [5.41, 5.74) is 0.410. The number of nitrogens with zero attached hydrogens (tertiary/aromatic N) is 3. The molecule has 1 aromatic carbocycles. The summed E-state index contributed by atoms with van der Waals surface area (Å²) in [6.45, 7) is 1.81. The first kappa shape index (κ1) is 16.5. The normalized spacial score (nSPS) is 11.0. The molecule has 0 saturated heterocycles. The van der Waals surface area contributed by atoms with Gasteiger partial charge in [-0.15, -0.1) is 0 Å². The SMILES string of the molecule is Cc1cc(N(C)C(=O)c2c(O)c3cc(Cl)ccc3n(C)c2=O)sn1. The molecule has 0 saturated carbocycles. The maximum absolute atomic E-state index is 12.8. The van der Waals surface area contributed by atoms with Gasteiger partial charge in [-0.1, -0.05) is 11.6 Å². The third-order valence-electron chi connectivity index (χ3n) is 3.79. The first-order valence-corrected chi connectivity index (χ1v) is 8.19. The fourth-order valence-electron chi connectivity index (χ4n) is 2.47. The van der Waals surface area contributed by atoms with Crippen LogP contribution >= 0.6 is 23.1 Å². The van der Waals surface area contributed by atoms with Gasteiger partial charge in [0.2, 0.25) is 0 Å².